The van der Waals surface area contributed by atoms with Crippen LogP contribution in [0.2, 0.25) is 0 Å². The fourth-order valence-electron chi connectivity index (χ4n) is 3.75. The van der Waals surface area contributed by atoms with Crippen LogP contribution in [0.1, 0.15) is 19.4 Å². The molecule has 0 radical (unpaired) electrons. The Hall–Kier alpha value is -2.93. The van der Waals surface area contributed by atoms with Crippen molar-refractivity contribution in [3.05, 3.63) is 34.7 Å². The highest BCUT2D eigenvalue weighted by atomic mass is 16.4. The van der Waals surface area contributed by atoms with Gasteiger partial charge in [-0.15, -0.1) is 4.91 Å². The van der Waals surface area contributed by atoms with Gasteiger partial charge in [0.05, 0.1) is 13.1 Å². The zero-order chi connectivity index (χ0) is 26.4. The predicted molar refractivity (Wildman–Crippen MR) is 131 cm³/mol. The molecular formula is C23H37N5O7. The molecular weight excluding hydrogens is 458 g/mol. The maximum Gasteiger partial charge on any atom is 0.320 e. The van der Waals surface area contributed by atoms with Gasteiger partial charge in [0.25, 0.3) is 0 Å². The molecule has 1 rings (SSSR count). The van der Waals surface area contributed by atoms with Gasteiger partial charge >= 0.3 is 17.9 Å². The number of nitrogens with one attached hydrogen (secondary N) is 1. The molecule has 0 saturated carbocycles. The van der Waals surface area contributed by atoms with Crippen LogP contribution in [0.5, 0.6) is 0 Å². The Labute approximate surface area is 205 Å². The summed E-state index contributed by atoms with van der Waals surface area (Å²) in [4.78, 5) is 50.0. The summed E-state index contributed by atoms with van der Waals surface area (Å²) >= 11 is 0. The first kappa shape index (κ1) is 30.1. The number of hydrogen-bond acceptors (Lipinski definition) is 9. The Balaban J connectivity index is 2.97. The molecule has 0 aromatic heterocycles. The standard InChI is InChI=1S/C23H37N5O7/c1-4-27(17(2)23(33)34)14-20(13-18-5-7-19(25-35)8-6-18)28(16-22(31)32)12-10-24-9-11-26(3)15-21(29)30/h5-8,17,20,24H,4,9-16H2,1-3H3,(H,29,30)(H,31,32)(H,33,34). The number of nitroso groups, excluding NO2 is 1. The van der Waals surface area contributed by atoms with E-state index in [1.807, 2.05) is 6.92 Å². The number of aliphatic carboxylic acids is 3. The number of hydrogen-bond donors (Lipinski definition) is 4. The van der Waals surface area contributed by atoms with Gasteiger partial charge in [0.15, 0.2) is 0 Å². The number of likely N-dealkylation sites (N-methyl/N-ethyl adjacent to an activating group) is 2. The molecule has 0 bridgehead atoms. The molecule has 0 spiro atoms. The predicted octanol–water partition coefficient (Wildman–Crippen LogP) is 0.783. The highest BCUT2D eigenvalue weighted by Crippen LogP contribution is 2.17. The number of nitrogens with zero attached hydrogens (tertiary/aromatic N) is 4. The summed E-state index contributed by atoms with van der Waals surface area (Å²) in [6, 6.07) is 5.66. The molecule has 1 aromatic carbocycles. The summed E-state index contributed by atoms with van der Waals surface area (Å²) < 4.78 is 0. The highest BCUT2D eigenvalue weighted by Gasteiger charge is 2.27. The Morgan fingerprint density at radius 3 is 2.09 bits per heavy atom. The van der Waals surface area contributed by atoms with Gasteiger partial charge in [-0.2, -0.15) is 0 Å². The minimum absolute atomic E-state index is 0.0675. The van der Waals surface area contributed by atoms with Crippen molar-refractivity contribution >= 4 is 23.6 Å². The van der Waals surface area contributed by atoms with Crippen molar-refractivity contribution in [2.24, 2.45) is 5.18 Å². The fourth-order valence-corrected chi connectivity index (χ4v) is 3.75. The van der Waals surface area contributed by atoms with Crippen LogP contribution in [0, 0.1) is 4.91 Å². The average Bonchev–Trinajstić information content (AvgIpc) is 2.80. The van der Waals surface area contributed by atoms with E-state index in [9.17, 15) is 29.5 Å². The molecule has 12 nitrogen and oxygen atoms in total. The van der Waals surface area contributed by atoms with Gasteiger partial charge in [-0.25, -0.2) is 0 Å². The maximum absolute atomic E-state index is 11.6. The molecule has 0 aliphatic heterocycles. The number of carboxylic acid groups (broad SMARTS) is 3. The summed E-state index contributed by atoms with van der Waals surface area (Å²) in [7, 11) is 1.71. The van der Waals surface area contributed by atoms with Crippen molar-refractivity contribution in [2.45, 2.75) is 32.4 Å². The first-order valence-electron chi connectivity index (χ1n) is 11.5. The van der Waals surface area contributed by atoms with E-state index < -0.39 is 23.9 Å². The van der Waals surface area contributed by atoms with Crippen LogP contribution >= 0.6 is 0 Å². The largest absolute Gasteiger partial charge is 0.480 e. The van der Waals surface area contributed by atoms with Crippen molar-refractivity contribution in [3.63, 3.8) is 0 Å². The lowest BCUT2D eigenvalue weighted by Crippen LogP contribution is -2.52. The van der Waals surface area contributed by atoms with Gasteiger partial charge in [0.1, 0.15) is 11.7 Å². The second-order valence-electron chi connectivity index (χ2n) is 8.46. The van der Waals surface area contributed by atoms with Crippen LogP contribution in [-0.4, -0.2) is 119 Å². The van der Waals surface area contributed by atoms with E-state index in [0.717, 1.165) is 5.56 Å². The van der Waals surface area contributed by atoms with E-state index in [1.165, 1.54) is 0 Å². The number of rotatable bonds is 19. The number of benzene rings is 1. The average molecular weight is 496 g/mol. The summed E-state index contributed by atoms with van der Waals surface area (Å²) in [5, 5.41) is 34.0. The first-order chi connectivity index (χ1) is 16.6. The molecule has 0 aliphatic rings. The smallest absolute Gasteiger partial charge is 0.320 e. The molecule has 1 aromatic rings. The van der Waals surface area contributed by atoms with Crippen LogP contribution < -0.4 is 5.32 Å². The third-order valence-corrected chi connectivity index (χ3v) is 5.78. The minimum atomic E-state index is -0.994. The zero-order valence-electron chi connectivity index (χ0n) is 20.6. The molecule has 2 atom stereocenters. The van der Waals surface area contributed by atoms with Crippen molar-refractivity contribution in [3.8, 4) is 0 Å². The summed E-state index contributed by atoms with van der Waals surface area (Å²) in [6.07, 6.45) is 0.455. The monoisotopic (exact) mass is 495 g/mol. The first-order valence-corrected chi connectivity index (χ1v) is 11.5. The Bertz CT molecular complexity index is 821. The Morgan fingerprint density at radius 1 is 0.971 bits per heavy atom. The van der Waals surface area contributed by atoms with E-state index in [0.29, 0.717) is 51.4 Å². The van der Waals surface area contributed by atoms with Crippen LogP contribution in [-0.2, 0) is 20.8 Å². The van der Waals surface area contributed by atoms with Crippen molar-refractivity contribution < 1.29 is 29.7 Å². The van der Waals surface area contributed by atoms with E-state index in [1.54, 1.807) is 52.9 Å². The van der Waals surface area contributed by atoms with Crippen LogP contribution in [0.3, 0.4) is 0 Å². The fraction of sp³-hybridized carbons (Fsp3) is 0.609. The molecule has 0 saturated heterocycles. The van der Waals surface area contributed by atoms with Crippen LogP contribution in [0.4, 0.5) is 5.69 Å². The number of carbonyl (C=O) groups is 3. The third kappa shape index (κ3) is 11.9. The normalized spacial score (nSPS) is 13.2. The van der Waals surface area contributed by atoms with E-state index in [4.69, 9.17) is 5.11 Å². The molecule has 196 valence electrons. The topological polar surface area (TPSA) is 163 Å². The zero-order valence-corrected chi connectivity index (χ0v) is 20.6. The molecule has 0 heterocycles. The molecule has 0 fully saturated rings. The Kier molecular flexibility index (Phi) is 13.7. The highest BCUT2D eigenvalue weighted by molar-refractivity contribution is 5.73. The number of carboxylic acids is 3. The summed E-state index contributed by atoms with van der Waals surface area (Å²) in [5.41, 5.74) is 1.17. The molecule has 0 amide bonds. The SMILES string of the molecule is CCN(CC(Cc1ccc(N=O)cc1)N(CCNCCN(C)CC(=O)O)CC(=O)O)C(C)C(=O)O. The summed E-state index contributed by atoms with van der Waals surface area (Å²) in [5.74, 6) is -2.86. The molecule has 2 unspecified atom stereocenters. The second-order valence-corrected chi connectivity index (χ2v) is 8.46. The van der Waals surface area contributed by atoms with Gasteiger partial charge in [-0.1, -0.05) is 19.1 Å². The Morgan fingerprint density at radius 2 is 1.57 bits per heavy atom. The molecule has 0 aliphatic carbocycles. The van der Waals surface area contributed by atoms with Gasteiger partial charge in [-0.3, -0.25) is 29.1 Å². The maximum atomic E-state index is 11.6. The van der Waals surface area contributed by atoms with Gasteiger partial charge < -0.3 is 20.6 Å². The van der Waals surface area contributed by atoms with E-state index >= 15 is 0 Å². The molecule has 12 heteroatoms. The van der Waals surface area contributed by atoms with Gasteiger partial charge in [0, 0.05) is 38.8 Å². The third-order valence-electron chi connectivity index (χ3n) is 5.78. The minimum Gasteiger partial charge on any atom is -0.480 e. The molecule has 4 N–H and O–H groups in total. The summed E-state index contributed by atoms with van der Waals surface area (Å²) in [6.45, 7) is 5.91. The lowest BCUT2D eigenvalue weighted by molar-refractivity contribution is -0.144. The van der Waals surface area contributed by atoms with Crippen molar-refractivity contribution in [2.75, 3.05) is 59.4 Å². The van der Waals surface area contributed by atoms with Gasteiger partial charge in [-0.05, 0) is 49.8 Å². The lowest BCUT2D eigenvalue weighted by atomic mass is 10.0. The van der Waals surface area contributed by atoms with Crippen LogP contribution in [0.15, 0.2) is 29.4 Å². The van der Waals surface area contributed by atoms with Crippen molar-refractivity contribution in [1.29, 1.82) is 0 Å². The quantitative estimate of drug-likeness (QED) is 0.158. The van der Waals surface area contributed by atoms with Gasteiger partial charge in [0.2, 0.25) is 0 Å². The lowest BCUT2D eigenvalue weighted by Gasteiger charge is -2.36. The van der Waals surface area contributed by atoms with Crippen LogP contribution in [0.25, 0.3) is 0 Å². The van der Waals surface area contributed by atoms with E-state index in [-0.39, 0.29) is 19.1 Å². The second kappa shape index (κ2) is 15.9. The molecule has 35 heavy (non-hydrogen) atoms. The van der Waals surface area contributed by atoms with E-state index in [2.05, 4.69) is 10.5 Å². The van der Waals surface area contributed by atoms with Crippen molar-refractivity contribution in [1.82, 2.24) is 20.0 Å².